The van der Waals surface area contributed by atoms with Crippen LogP contribution in [-0.2, 0) is 9.22 Å². The van der Waals surface area contributed by atoms with Crippen LogP contribution in [0.3, 0.4) is 0 Å². The molecule has 0 aliphatic rings. The second kappa shape index (κ2) is 6.55. The Bertz CT molecular complexity index is 415. The van der Waals surface area contributed by atoms with Gasteiger partial charge in [0.05, 0.1) is 0 Å². The van der Waals surface area contributed by atoms with Crippen LogP contribution in [0, 0.1) is 0 Å². The maximum Gasteiger partial charge on any atom is 0.191 e. The van der Waals surface area contributed by atoms with Crippen molar-refractivity contribution >= 4 is 14.1 Å². The first-order chi connectivity index (χ1) is 9.37. The van der Waals surface area contributed by atoms with Gasteiger partial charge in [-0.05, 0) is 37.8 Å². The van der Waals surface area contributed by atoms with Crippen LogP contribution in [0.2, 0.25) is 18.1 Å². The number of rotatable bonds is 7. The summed E-state index contributed by atoms with van der Waals surface area (Å²) in [7, 11) is -2.28. The zero-order valence-electron chi connectivity index (χ0n) is 17.2. The van der Waals surface area contributed by atoms with Crippen molar-refractivity contribution in [1.82, 2.24) is 0 Å². The van der Waals surface area contributed by atoms with E-state index in [1.54, 1.807) is 0 Å². The van der Waals surface area contributed by atoms with Crippen LogP contribution < -0.4 is 0 Å². The summed E-state index contributed by atoms with van der Waals surface area (Å²) in [6.07, 6.45) is -8.64. The molecule has 0 spiro atoms. The Balaban J connectivity index is 5.26. The first-order valence-corrected chi connectivity index (χ1v) is 8.42. The fraction of sp³-hybridized carbons (Fsp3) is 0.923. The summed E-state index contributed by atoms with van der Waals surface area (Å²) in [6, 6.07) is 0. The smallest absolute Gasteiger partial charge is 0.191 e. The van der Waals surface area contributed by atoms with Crippen LogP contribution in [0.5, 0.6) is 0 Å². The highest BCUT2D eigenvalue weighted by atomic mass is 28.4. The highest BCUT2D eigenvalue weighted by Crippen LogP contribution is 2.36. The molecule has 0 N–H and O–H groups in total. The van der Waals surface area contributed by atoms with Crippen LogP contribution in [0.15, 0.2) is 0 Å². The molecule has 0 radical (unpaired) electrons. The molecule has 0 saturated carbocycles. The summed E-state index contributed by atoms with van der Waals surface area (Å²) in [5.41, 5.74) is 0. The summed E-state index contributed by atoms with van der Waals surface area (Å²) >= 11 is 0. The second-order valence-electron chi connectivity index (χ2n) is 5.41. The van der Waals surface area contributed by atoms with E-state index in [2.05, 4.69) is 0 Å². The minimum atomic E-state index is -2.84. The molecule has 0 unspecified atom stereocenters. The van der Waals surface area contributed by atoms with Crippen LogP contribution >= 0.6 is 0 Å². The van der Waals surface area contributed by atoms with Gasteiger partial charge in [-0.1, -0.05) is 27.1 Å². The molecule has 2 nitrogen and oxygen atoms in total. The summed E-state index contributed by atoms with van der Waals surface area (Å²) in [5.74, 6) is -0.519. The zero-order valence-corrected chi connectivity index (χ0v) is 12.2. The summed E-state index contributed by atoms with van der Waals surface area (Å²) in [4.78, 5) is 11.1. The van der Waals surface area contributed by atoms with Crippen molar-refractivity contribution in [3.8, 4) is 0 Å². The molecule has 0 aliphatic carbocycles. The lowest BCUT2D eigenvalue weighted by Crippen LogP contribution is -2.40. The lowest BCUT2D eigenvalue weighted by atomic mass is 10.1. The van der Waals surface area contributed by atoms with Gasteiger partial charge in [0.2, 0.25) is 0 Å². The van der Waals surface area contributed by atoms with Gasteiger partial charge in [-0.15, -0.1) is 0 Å². The van der Waals surface area contributed by atoms with E-state index in [0.29, 0.717) is 0 Å². The molecule has 0 saturated heterocycles. The molecule has 96 valence electrons. The number of carbonyl (C=O) groups is 1. The van der Waals surface area contributed by atoms with Crippen molar-refractivity contribution < 1.29 is 17.4 Å². The van der Waals surface area contributed by atoms with Gasteiger partial charge in [0, 0.05) is 21.3 Å². The SMILES string of the molecule is [2H]C([2H])(CO[Si](C)(C)C(C)(C)C)C([2H])([2H])C([2H])([2H])CC(C)=O. The standard InChI is InChI=1S/C13H28O2Si/c1-12(14)10-8-7-9-11-15-16(5,6)13(2,3)4/h7-11H2,1-6H3/i7D2,8D2,9D2. The van der Waals surface area contributed by atoms with Gasteiger partial charge < -0.3 is 9.22 Å². The number of hydrogen-bond donors (Lipinski definition) is 0. The van der Waals surface area contributed by atoms with E-state index in [-0.39, 0.29) is 5.04 Å². The quantitative estimate of drug-likeness (QED) is 0.634. The van der Waals surface area contributed by atoms with E-state index in [9.17, 15) is 4.79 Å². The predicted molar refractivity (Wildman–Crippen MR) is 72.3 cm³/mol. The monoisotopic (exact) mass is 250 g/mol. The van der Waals surface area contributed by atoms with Crippen LogP contribution in [-0.4, -0.2) is 20.7 Å². The molecule has 0 aliphatic heterocycles. The van der Waals surface area contributed by atoms with Crippen LogP contribution in [0.25, 0.3) is 0 Å². The summed E-state index contributed by atoms with van der Waals surface area (Å²) in [6.45, 7) is 10.4. The van der Waals surface area contributed by atoms with Crippen molar-refractivity contribution in [2.24, 2.45) is 0 Å². The third kappa shape index (κ3) is 6.43. The molecule has 0 heterocycles. The molecule has 0 aromatic rings. The summed E-state index contributed by atoms with van der Waals surface area (Å²) in [5, 5.41) is -0.159. The number of hydrogen-bond acceptors (Lipinski definition) is 2. The molecule has 0 aromatic carbocycles. The third-order valence-corrected chi connectivity index (χ3v) is 7.30. The lowest BCUT2D eigenvalue weighted by molar-refractivity contribution is -0.117. The second-order valence-corrected chi connectivity index (χ2v) is 10.2. The fourth-order valence-corrected chi connectivity index (χ4v) is 1.57. The van der Waals surface area contributed by atoms with E-state index in [1.807, 2.05) is 33.9 Å². The van der Waals surface area contributed by atoms with E-state index in [0.717, 1.165) is 6.92 Å². The van der Waals surface area contributed by atoms with Crippen LogP contribution in [0.4, 0.5) is 0 Å². The van der Waals surface area contributed by atoms with E-state index in [4.69, 9.17) is 12.7 Å². The zero-order chi connectivity index (χ0) is 18.2. The van der Waals surface area contributed by atoms with Gasteiger partial charge in [-0.2, -0.15) is 0 Å². The van der Waals surface area contributed by atoms with Gasteiger partial charge in [0.1, 0.15) is 5.78 Å². The Labute approximate surface area is 110 Å². The van der Waals surface area contributed by atoms with Gasteiger partial charge in [-0.3, -0.25) is 0 Å². The van der Waals surface area contributed by atoms with Crippen LogP contribution in [0.1, 0.15) is 61.5 Å². The third-order valence-electron chi connectivity index (χ3n) is 2.83. The average Bonchev–Trinajstić information content (AvgIpc) is 2.22. The van der Waals surface area contributed by atoms with Crippen molar-refractivity contribution in [3.63, 3.8) is 0 Å². The Hall–Kier alpha value is -0.153. The maximum atomic E-state index is 11.1. The normalized spacial score (nSPS) is 21.1. The first-order valence-electron chi connectivity index (χ1n) is 8.51. The molecule has 3 heteroatoms. The Kier molecular flexibility index (Phi) is 3.29. The van der Waals surface area contributed by atoms with Gasteiger partial charge >= 0.3 is 0 Å². The summed E-state index contributed by atoms with van der Waals surface area (Å²) < 4.78 is 52.9. The first kappa shape index (κ1) is 8.04. The Morgan fingerprint density at radius 2 is 1.81 bits per heavy atom. The van der Waals surface area contributed by atoms with E-state index < -0.39 is 46.2 Å². The highest BCUT2D eigenvalue weighted by molar-refractivity contribution is 6.74. The van der Waals surface area contributed by atoms with Gasteiger partial charge in [0.25, 0.3) is 0 Å². The van der Waals surface area contributed by atoms with E-state index >= 15 is 0 Å². The minimum absolute atomic E-state index is 0.159. The van der Waals surface area contributed by atoms with E-state index in [1.165, 1.54) is 0 Å². The van der Waals surface area contributed by atoms with Gasteiger partial charge in [0.15, 0.2) is 8.32 Å². The molecule has 0 amide bonds. The number of ketones is 1. The van der Waals surface area contributed by atoms with Crippen molar-refractivity contribution in [2.75, 3.05) is 6.61 Å². The van der Waals surface area contributed by atoms with Crippen molar-refractivity contribution in [3.05, 3.63) is 0 Å². The molecule has 0 atom stereocenters. The molecular weight excluding hydrogens is 216 g/mol. The van der Waals surface area contributed by atoms with Gasteiger partial charge in [-0.25, -0.2) is 0 Å². The fourth-order valence-electron chi connectivity index (χ4n) is 0.700. The minimum Gasteiger partial charge on any atom is -0.417 e. The topological polar surface area (TPSA) is 26.3 Å². The van der Waals surface area contributed by atoms with Crippen molar-refractivity contribution in [1.29, 1.82) is 0 Å². The Morgan fingerprint density at radius 3 is 2.25 bits per heavy atom. The predicted octanol–water partition coefficient (Wildman–Crippen LogP) is 4.16. The number of carbonyl (C=O) groups excluding carboxylic acids is 1. The molecule has 0 fully saturated rings. The average molecular weight is 250 g/mol. The highest BCUT2D eigenvalue weighted by Gasteiger charge is 2.36. The molecule has 0 bridgehead atoms. The molecule has 16 heavy (non-hydrogen) atoms. The Morgan fingerprint density at radius 1 is 1.25 bits per heavy atom. The van der Waals surface area contributed by atoms with Crippen molar-refractivity contribution in [2.45, 2.75) is 71.4 Å². The number of Topliss-reactive ketones (excluding diaryl/α,β-unsaturated/α-hetero) is 1. The largest absolute Gasteiger partial charge is 0.417 e. The maximum absolute atomic E-state index is 11.1. The lowest BCUT2D eigenvalue weighted by Gasteiger charge is -2.36. The molecule has 0 aromatic heterocycles. The molecular formula is C13H28O2Si. The molecule has 0 rings (SSSR count).